The molecule has 0 bridgehead atoms. The number of amides is 1. The second-order valence-corrected chi connectivity index (χ2v) is 9.12. The first-order valence-electron chi connectivity index (χ1n) is 10.3. The number of carbonyl (C=O) groups is 1. The van der Waals surface area contributed by atoms with Crippen molar-refractivity contribution in [1.29, 1.82) is 5.26 Å². The highest BCUT2D eigenvalue weighted by atomic mass is 79.9. The predicted molar refractivity (Wildman–Crippen MR) is 132 cm³/mol. The van der Waals surface area contributed by atoms with Crippen molar-refractivity contribution in [2.75, 3.05) is 11.9 Å². The fraction of sp³-hybridized carbons (Fsp3) is 0.250. The molecule has 1 amide bonds. The van der Waals surface area contributed by atoms with Gasteiger partial charge in [0.25, 0.3) is 5.91 Å². The summed E-state index contributed by atoms with van der Waals surface area (Å²) in [4.78, 5) is 12.6. The van der Waals surface area contributed by atoms with Crippen LogP contribution in [0, 0.1) is 11.3 Å². The van der Waals surface area contributed by atoms with Crippen molar-refractivity contribution < 1.29 is 14.3 Å². The molecule has 7 nitrogen and oxygen atoms in total. The molecule has 0 radical (unpaired) electrons. The quantitative estimate of drug-likeness (QED) is 0.273. The molecular weight excluding hydrogens is 504 g/mol. The summed E-state index contributed by atoms with van der Waals surface area (Å²) in [7, 11) is 0. The highest BCUT2D eigenvalue weighted by molar-refractivity contribution is 9.10. The zero-order chi connectivity index (χ0) is 23.8. The van der Waals surface area contributed by atoms with Crippen LogP contribution >= 0.6 is 27.3 Å². The van der Waals surface area contributed by atoms with E-state index in [2.05, 4.69) is 31.4 Å². The minimum atomic E-state index is -0.553. The van der Waals surface area contributed by atoms with Crippen molar-refractivity contribution in [2.45, 2.75) is 33.3 Å². The van der Waals surface area contributed by atoms with Crippen molar-refractivity contribution >= 4 is 44.4 Å². The number of nitrogens with zero attached hydrogens (tertiary/aromatic N) is 3. The molecule has 0 atom stereocenters. The van der Waals surface area contributed by atoms with E-state index in [-0.39, 0.29) is 11.5 Å². The van der Waals surface area contributed by atoms with Crippen LogP contribution in [0.2, 0.25) is 0 Å². The summed E-state index contributed by atoms with van der Waals surface area (Å²) in [5.74, 6) is 0.715. The van der Waals surface area contributed by atoms with Gasteiger partial charge in [0, 0.05) is 5.92 Å². The maximum Gasteiger partial charge on any atom is 0.268 e. The topological polar surface area (TPSA) is 97.1 Å². The molecule has 1 N–H and O–H groups in total. The number of rotatable bonds is 9. The molecule has 0 unspecified atom stereocenters. The number of anilines is 1. The van der Waals surface area contributed by atoms with Crippen molar-refractivity contribution in [3.63, 3.8) is 0 Å². The van der Waals surface area contributed by atoms with Crippen molar-refractivity contribution in [2.24, 2.45) is 0 Å². The predicted octanol–water partition coefficient (Wildman–Crippen LogP) is 5.95. The standard InChI is InChI=1S/C24H23BrN4O3S/c1-4-31-20-12-17(11-19(25)21(20)32-14-16-8-6-5-7-9-16)10-18(13-26)22(30)27-24-29-28-23(33-24)15(2)3/h5-12,15H,4,14H2,1-3H3,(H,27,29,30)/b18-10-. The molecule has 170 valence electrons. The molecule has 2 aromatic carbocycles. The first-order valence-corrected chi connectivity index (χ1v) is 11.9. The molecule has 0 aliphatic rings. The van der Waals surface area contributed by atoms with Gasteiger partial charge in [-0.05, 0) is 52.2 Å². The first kappa shape index (κ1) is 24.4. The van der Waals surface area contributed by atoms with Crippen LogP contribution in [0.1, 0.15) is 42.8 Å². The maximum absolute atomic E-state index is 12.6. The number of halogens is 1. The lowest BCUT2D eigenvalue weighted by Gasteiger charge is -2.15. The molecule has 9 heteroatoms. The summed E-state index contributed by atoms with van der Waals surface area (Å²) in [5, 5.41) is 21.4. The number of nitriles is 1. The molecular formula is C24H23BrN4O3S. The molecule has 0 saturated heterocycles. The number of nitrogens with one attached hydrogen (secondary N) is 1. The average molecular weight is 527 g/mol. The Morgan fingerprint density at radius 3 is 2.64 bits per heavy atom. The summed E-state index contributed by atoms with van der Waals surface area (Å²) < 4.78 is 12.4. The molecule has 0 fully saturated rings. The van der Waals surface area contributed by atoms with Crippen molar-refractivity contribution in [1.82, 2.24) is 10.2 Å². The van der Waals surface area contributed by atoms with E-state index >= 15 is 0 Å². The van der Waals surface area contributed by atoms with E-state index in [4.69, 9.17) is 9.47 Å². The van der Waals surface area contributed by atoms with E-state index in [1.165, 1.54) is 17.4 Å². The van der Waals surface area contributed by atoms with Gasteiger partial charge in [-0.25, -0.2) is 0 Å². The lowest BCUT2D eigenvalue weighted by atomic mass is 10.1. The molecule has 33 heavy (non-hydrogen) atoms. The second-order valence-electron chi connectivity index (χ2n) is 7.26. The van der Waals surface area contributed by atoms with Gasteiger partial charge in [0.05, 0.1) is 11.1 Å². The zero-order valence-corrected chi connectivity index (χ0v) is 20.9. The Morgan fingerprint density at radius 2 is 2.00 bits per heavy atom. The average Bonchev–Trinajstić information content (AvgIpc) is 3.26. The highest BCUT2D eigenvalue weighted by Gasteiger charge is 2.16. The van der Waals surface area contributed by atoms with Crippen molar-refractivity contribution in [3.05, 3.63) is 68.6 Å². The summed E-state index contributed by atoms with van der Waals surface area (Å²) in [6.07, 6.45) is 1.49. The third-order valence-electron chi connectivity index (χ3n) is 4.39. The van der Waals surface area contributed by atoms with E-state index in [1.807, 2.05) is 57.2 Å². The summed E-state index contributed by atoms with van der Waals surface area (Å²) in [6.45, 7) is 6.67. The largest absolute Gasteiger partial charge is 0.490 e. The number of hydrogen-bond donors (Lipinski definition) is 1. The zero-order valence-electron chi connectivity index (χ0n) is 18.5. The van der Waals surface area contributed by atoms with Gasteiger partial charge >= 0.3 is 0 Å². The van der Waals surface area contributed by atoms with Crippen LogP contribution in [0.5, 0.6) is 11.5 Å². The van der Waals surface area contributed by atoms with Crippen LogP contribution in [-0.2, 0) is 11.4 Å². The van der Waals surface area contributed by atoms with Gasteiger partial charge < -0.3 is 9.47 Å². The molecule has 3 rings (SSSR count). The van der Waals surface area contributed by atoms with Crippen molar-refractivity contribution in [3.8, 4) is 17.6 Å². The van der Waals surface area contributed by atoms with Gasteiger partial charge in [0.2, 0.25) is 5.13 Å². The Balaban J connectivity index is 1.82. The van der Waals surface area contributed by atoms with Gasteiger partial charge in [-0.1, -0.05) is 55.5 Å². The highest BCUT2D eigenvalue weighted by Crippen LogP contribution is 2.38. The number of ether oxygens (including phenoxy) is 2. The molecule has 3 aromatic rings. The minimum absolute atomic E-state index is 0.0661. The van der Waals surface area contributed by atoms with Gasteiger partial charge in [-0.2, -0.15) is 5.26 Å². The summed E-state index contributed by atoms with van der Waals surface area (Å²) >= 11 is 4.81. The monoisotopic (exact) mass is 526 g/mol. The molecule has 0 aliphatic heterocycles. The minimum Gasteiger partial charge on any atom is -0.490 e. The van der Waals surface area contributed by atoms with Crippen LogP contribution < -0.4 is 14.8 Å². The Labute approximate surface area is 205 Å². The fourth-order valence-electron chi connectivity index (χ4n) is 2.80. The Bertz CT molecular complexity index is 1190. The summed E-state index contributed by atoms with van der Waals surface area (Å²) in [6, 6.07) is 15.3. The first-order chi connectivity index (χ1) is 15.9. The number of carbonyl (C=O) groups excluding carboxylic acids is 1. The lowest BCUT2D eigenvalue weighted by Crippen LogP contribution is -2.13. The number of hydrogen-bond acceptors (Lipinski definition) is 7. The Hall–Kier alpha value is -3.22. The molecule has 0 saturated carbocycles. The van der Waals surface area contributed by atoms with Gasteiger partial charge in [0.1, 0.15) is 23.3 Å². The van der Waals surface area contributed by atoms with Gasteiger partial charge in [0.15, 0.2) is 11.5 Å². The van der Waals surface area contributed by atoms with Crippen LogP contribution in [0.25, 0.3) is 6.08 Å². The third-order valence-corrected chi connectivity index (χ3v) is 6.12. The normalized spacial score (nSPS) is 11.2. The SMILES string of the molecule is CCOc1cc(/C=C(/C#N)C(=O)Nc2nnc(C(C)C)s2)cc(Br)c1OCc1ccccc1. The maximum atomic E-state index is 12.6. The Morgan fingerprint density at radius 1 is 1.24 bits per heavy atom. The van der Waals surface area contributed by atoms with E-state index in [1.54, 1.807) is 12.1 Å². The number of aromatic nitrogens is 2. The fourth-order valence-corrected chi connectivity index (χ4v) is 4.12. The second kappa shape index (κ2) is 11.6. The van der Waals surface area contributed by atoms with E-state index in [9.17, 15) is 10.1 Å². The van der Waals surface area contributed by atoms with Gasteiger partial charge in [-0.3, -0.25) is 10.1 Å². The molecule has 0 aliphatic carbocycles. The molecule has 1 heterocycles. The van der Waals surface area contributed by atoms with E-state index in [0.29, 0.717) is 39.9 Å². The van der Waals surface area contributed by atoms with Crippen LogP contribution in [0.15, 0.2) is 52.5 Å². The van der Waals surface area contributed by atoms with Crippen LogP contribution in [0.3, 0.4) is 0 Å². The van der Waals surface area contributed by atoms with E-state index < -0.39 is 5.91 Å². The molecule has 1 aromatic heterocycles. The summed E-state index contributed by atoms with van der Waals surface area (Å²) in [5.41, 5.74) is 1.57. The number of benzene rings is 2. The third kappa shape index (κ3) is 6.63. The lowest BCUT2D eigenvalue weighted by molar-refractivity contribution is -0.112. The van der Waals surface area contributed by atoms with Gasteiger partial charge in [-0.15, -0.1) is 10.2 Å². The van der Waals surface area contributed by atoms with E-state index in [0.717, 1.165) is 10.6 Å². The van der Waals surface area contributed by atoms with Crippen LogP contribution in [-0.4, -0.2) is 22.7 Å². The molecule has 0 spiro atoms. The smallest absolute Gasteiger partial charge is 0.268 e. The van der Waals surface area contributed by atoms with Crippen LogP contribution in [0.4, 0.5) is 5.13 Å². The Kier molecular flexibility index (Phi) is 8.58.